The number of aryl methyl sites for hydroxylation is 2. The van der Waals surface area contributed by atoms with Crippen LogP contribution in [0.5, 0.6) is 0 Å². The van der Waals surface area contributed by atoms with Gasteiger partial charge >= 0.3 is 0 Å². The summed E-state index contributed by atoms with van der Waals surface area (Å²) in [6.45, 7) is 3.92. The largest absolute Gasteiger partial charge is 0.268 e. The summed E-state index contributed by atoms with van der Waals surface area (Å²) in [5.41, 5.74) is 3.28. The quantitative estimate of drug-likeness (QED) is 0.388. The van der Waals surface area contributed by atoms with Crippen LogP contribution in [0, 0.1) is 13.8 Å². The van der Waals surface area contributed by atoms with Gasteiger partial charge in [0.05, 0.1) is 22.3 Å². The number of sulfonamides is 1. The number of hydrogen-bond donors (Lipinski definition) is 1. The summed E-state index contributed by atoms with van der Waals surface area (Å²) in [4.78, 5) is 17.9. The molecule has 2 N–H and O–H groups in total. The van der Waals surface area contributed by atoms with Gasteiger partial charge in [0, 0.05) is 5.75 Å². The number of benzene rings is 2. The standard InChI is InChI=1S/C19H21N3O3S2/c1-13-8-9-14(2)17(12-13)22-18(23)15-6-3-4-7-16(15)21-19(22)26-10-5-11-27(20,24)25/h3-4,6-9,12H,5,10-11H2,1-2H3,(H2,20,24,25). The van der Waals surface area contributed by atoms with Crippen molar-refractivity contribution in [2.75, 3.05) is 11.5 Å². The van der Waals surface area contributed by atoms with Gasteiger partial charge in [-0.2, -0.15) is 0 Å². The molecule has 0 unspecified atom stereocenters. The summed E-state index contributed by atoms with van der Waals surface area (Å²) in [7, 11) is -3.50. The first kappa shape index (κ1) is 19.6. The van der Waals surface area contributed by atoms with Gasteiger partial charge < -0.3 is 0 Å². The number of para-hydroxylation sites is 1. The highest BCUT2D eigenvalue weighted by atomic mass is 32.2. The molecule has 0 aliphatic rings. The van der Waals surface area contributed by atoms with Gasteiger partial charge in [0.15, 0.2) is 5.16 Å². The molecule has 1 aromatic heterocycles. The van der Waals surface area contributed by atoms with E-state index in [2.05, 4.69) is 4.98 Å². The Morgan fingerprint density at radius 1 is 1.15 bits per heavy atom. The zero-order valence-electron chi connectivity index (χ0n) is 15.2. The van der Waals surface area contributed by atoms with E-state index >= 15 is 0 Å². The van der Waals surface area contributed by atoms with Gasteiger partial charge in [0.2, 0.25) is 10.0 Å². The summed E-state index contributed by atoms with van der Waals surface area (Å²) in [6.07, 6.45) is 0.388. The fourth-order valence-electron chi connectivity index (χ4n) is 2.81. The summed E-state index contributed by atoms with van der Waals surface area (Å²) in [5, 5.41) is 6.15. The molecule has 0 saturated heterocycles. The number of fused-ring (bicyclic) bond motifs is 1. The Balaban J connectivity index is 2.10. The molecule has 0 aliphatic carbocycles. The lowest BCUT2D eigenvalue weighted by atomic mass is 10.1. The fourth-order valence-corrected chi connectivity index (χ4v) is 4.48. The van der Waals surface area contributed by atoms with Crippen molar-refractivity contribution >= 4 is 32.7 Å². The van der Waals surface area contributed by atoms with E-state index in [9.17, 15) is 13.2 Å². The lowest BCUT2D eigenvalue weighted by molar-refractivity contribution is 0.596. The normalized spacial score (nSPS) is 11.8. The SMILES string of the molecule is Cc1ccc(C)c(-n2c(SCCCS(N)(=O)=O)nc3ccccc3c2=O)c1. The molecule has 0 spiro atoms. The van der Waals surface area contributed by atoms with Crippen molar-refractivity contribution in [1.82, 2.24) is 9.55 Å². The molecule has 3 rings (SSSR count). The third-order valence-electron chi connectivity index (χ3n) is 4.15. The van der Waals surface area contributed by atoms with E-state index in [1.54, 1.807) is 16.7 Å². The fraction of sp³-hybridized carbons (Fsp3) is 0.263. The molecule has 6 nitrogen and oxygen atoms in total. The van der Waals surface area contributed by atoms with Crippen molar-refractivity contribution in [1.29, 1.82) is 0 Å². The van der Waals surface area contributed by atoms with E-state index < -0.39 is 10.0 Å². The van der Waals surface area contributed by atoms with Gasteiger partial charge in [-0.1, -0.05) is 36.0 Å². The van der Waals surface area contributed by atoms with E-state index in [1.807, 2.05) is 44.2 Å². The van der Waals surface area contributed by atoms with Gasteiger partial charge in [-0.25, -0.2) is 18.5 Å². The highest BCUT2D eigenvalue weighted by Crippen LogP contribution is 2.24. The van der Waals surface area contributed by atoms with Crippen LogP contribution in [0.15, 0.2) is 52.4 Å². The molecule has 0 amide bonds. The zero-order chi connectivity index (χ0) is 19.6. The van der Waals surface area contributed by atoms with Crippen molar-refractivity contribution in [3.8, 4) is 5.69 Å². The lowest BCUT2D eigenvalue weighted by Crippen LogP contribution is -2.23. The minimum Gasteiger partial charge on any atom is -0.268 e. The first-order valence-corrected chi connectivity index (χ1v) is 11.2. The predicted molar refractivity (Wildman–Crippen MR) is 110 cm³/mol. The molecule has 142 valence electrons. The number of thioether (sulfide) groups is 1. The summed E-state index contributed by atoms with van der Waals surface area (Å²) in [6, 6.07) is 13.2. The third-order valence-corrected chi connectivity index (χ3v) is 6.04. The summed E-state index contributed by atoms with van der Waals surface area (Å²) >= 11 is 1.36. The van der Waals surface area contributed by atoms with Gasteiger partial charge in [-0.15, -0.1) is 0 Å². The Kier molecular flexibility index (Phi) is 5.69. The molecule has 8 heteroatoms. The van der Waals surface area contributed by atoms with Crippen molar-refractivity contribution in [2.45, 2.75) is 25.4 Å². The second kappa shape index (κ2) is 7.84. The molecular weight excluding hydrogens is 382 g/mol. The smallest absolute Gasteiger partial charge is 0.266 e. The Morgan fingerprint density at radius 2 is 1.89 bits per heavy atom. The maximum Gasteiger partial charge on any atom is 0.266 e. The Morgan fingerprint density at radius 3 is 2.63 bits per heavy atom. The Labute approximate surface area is 162 Å². The first-order valence-electron chi connectivity index (χ1n) is 8.49. The Hall–Kier alpha value is -2.16. The molecule has 0 saturated carbocycles. The third kappa shape index (κ3) is 4.58. The van der Waals surface area contributed by atoms with Crippen LogP contribution in [0.4, 0.5) is 0 Å². The number of primary sulfonamides is 1. The van der Waals surface area contributed by atoms with E-state index in [0.717, 1.165) is 16.8 Å². The van der Waals surface area contributed by atoms with Crippen LogP contribution in [0.1, 0.15) is 17.5 Å². The number of nitrogens with two attached hydrogens (primary N) is 1. The highest BCUT2D eigenvalue weighted by molar-refractivity contribution is 7.99. The second-order valence-electron chi connectivity index (χ2n) is 6.41. The molecule has 0 bridgehead atoms. The van der Waals surface area contributed by atoms with E-state index in [4.69, 9.17) is 5.14 Å². The zero-order valence-corrected chi connectivity index (χ0v) is 16.8. The molecule has 27 heavy (non-hydrogen) atoms. The molecule has 1 heterocycles. The van der Waals surface area contributed by atoms with Crippen LogP contribution in [-0.2, 0) is 10.0 Å². The minimum absolute atomic E-state index is 0.0959. The van der Waals surface area contributed by atoms with E-state index in [-0.39, 0.29) is 11.3 Å². The topological polar surface area (TPSA) is 95.1 Å². The van der Waals surface area contributed by atoms with Crippen molar-refractivity contribution in [2.24, 2.45) is 5.14 Å². The molecular formula is C19H21N3O3S2. The van der Waals surface area contributed by atoms with Crippen molar-refractivity contribution in [3.05, 3.63) is 63.9 Å². The van der Waals surface area contributed by atoms with E-state index in [0.29, 0.717) is 28.2 Å². The van der Waals surface area contributed by atoms with Gasteiger partial charge in [-0.05, 0) is 49.6 Å². The second-order valence-corrected chi connectivity index (χ2v) is 9.21. The van der Waals surface area contributed by atoms with Crippen LogP contribution in [-0.4, -0.2) is 29.5 Å². The molecule has 3 aromatic rings. The Bertz CT molecular complexity index is 1150. The molecule has 0 radical (unpaired) electrons. The maximum absolute atomic E-state index is 13.2. The average Bonchev–Trinajstić information content (AvgIpc) is 2.61. The molecule has 0 aliphatic heterocycles. The summed E-state index contributed by atoms with van der Waals surface area (Å²) in [5.74, 6) is 0.396. The van der Waals surface area contributed by atoms with Crippen molar-refractivity contribution < 1.29 is 8.42 Å². The van der Waals surface area contributed by atoms with Gasteiger partial charge in [-0.3, -0.25) is 9.36 Å². The van der Waals surface area contributed by atoms with Gasteiger partial charge in [0.25, 0.3) is 5.56 Å². The van der Waals surface area contributed by atoms with Crippen LogP contribution in [0.2, 0.25) is 0 Å². The molecule has 0 fully saturated rings. The highest BCUT2D eigenvalue weighted by Gasteiger charge is 2.15. The monoisotopic (exact) mass is 403 g/mol. The van der Waals surface area contributed by atoms with Crippen LogP contribution >= 0.6 is 11.8 Å². The first-order chi connectivity index (χ1) is 12.8. The van der Waals surface area contributed by atoms with Crippen molar-refractivity contribution in [3.63, 3.8) is 0 Å². The number of aromatic nitrogens is 2. The van der Waals surface area contributed by atoms with Crippen LogP contribution in [0.3, 0.4) is 0 Å². The minimum atomic E-state index is -3.50. The lowest BCUT2D eigenvalue weighted by Gasteiger charge is -2.15. The number of hydrogen-bond acceptors (Lipinski definition) is 5. The number of rotatable bonds is 6. The average molecular weight is 404 g/mol. The number of nitrogens with zero attached hydrogens (tertiary/aromatic N) is 2. The van der Waals surface area contributed by atoms with Crippen LogP contribution < -0.4 is 10.7 Å². The van der Waals surface area contributed by atoms with E-state index in [1.165, 1.54) is 11.8 Å². The molecule has 2 aromatic carbocycles. The van der Waals surface area contributed by atoms with Crippen LogP contribution in [0.25, 0.3) is 16.6 Å². The summed E-state index contributed by atoms with van der Waals surface area (Å²) < 4.78 is 23.9. The van der Waals surface area contributed by atoms with Gasteiger partial charge in [0.1, 0.15) is 0 Å². The maximum atomic E-state index is 13.2. The molecule has 0 atom stereocenters. The predicted octanol–water partition coefficient (Wildman–Crippen LogP) is 2.77.